The van der Waals surface area contributed by atoms with Crippen LogP contribution in [0.15, 0.2) is 24.3 Å². The summed E-state index contributed by atoms with van der Waals surface area (Å²) >= 11 is 0. The van der Waals surface area contributed by atoms with E-state index in [1.165, 1.54) is 17.7 Å². The van der Waals surface area contributed by atoms with E-state index < -0.39 is 0 Å². The van der Waals surface area contributed by atoms with Crippen molar-refractivity contribution >= 4 is 5.69 Å². The van der Waals surface area contributed by atoms with E-state index in [0.29, 0.717) is 0 Å². The molecule has 18 heavy (non-hydrogen) atoms. The lowest BCUT2D eigenvalue weighted by Crippen LogP contribution is -2.42. The predicted molar refractivity (Wildman–Crippen MR) is 79.4 cm³/mol. The highest BCUT2D eigenvalue weighted by Gasteiger charge is 2.33. The van der Waals surface area contributed by atoms with Gasteiger partial charge in [0.2, 0.25) is 0 Å². The quantitative estimate of drug-likeness (QED) is 0.862. The fourth-order valence-corrected chi connectivity index (χ4v) is 2.75. The van der Waals surface area contributed by atoms with Gasteiger partial charge in [0.15, 0.2) is 0 Å². The Morgan fingerprint density at radius 3 is 2.44 bits per heavy atom. The van der Waals surface area contributed by atoms with Crippen LogP contribution in [0.25, 0.3) is 0 Å². The summed E-state index contributed by atoms with van der Waals surface area (Å²) in [4.78, 5) is 2.52. The molecule has 0 saturated carbocycles. The van der Waals surface area contributed by atoms with Crippen molar-refractivity contribution in [2.75, 3.05) is 25.0 Å². The first-order chi connectivity index (χ1) is 8.36. The van der Waals surface area contributed by atoms with E-state index in [9.17, 15) is 0 Å². The summed E-state index contributed by atoms with van der Waals surface area (Å²) in [6.07, 6.45) is 1.21. The van der Waals surface area contributed by atoms with E-state index in [-0.39, 0.29) is 11.0 Å². The molecule has 2 heteroatoms. The van der Waals surface area contributed by atoms with Gasteiger partial charge in [-0.3, -0.25) is 0 Å². The highest BCUT2D eigenvalue weighted by atomic mass is 15.2. The third-order valence-electron chi connectivity index (χ3n) is 4.13. The van der Waals surface area contributed by atoms with Gasteiger partial charge in [0, 0.05) is 24.3 Å². The molecule has 1 N–H and O–H groups in total. The predicted octanol–water partition coefficient (Wildman–Crippen LogP) is 3.17. The summed E-state index contributed by atoms with van der Waals surface area (Å²) in [5.41, 5.74) is 3.31. The molecule has 1 aliphatic heterocycles. The van der Waals surface area contributed by atoms with Crippen LogP contribution in [0.5, 0.6) is 0 Å². The minimum atomic E-state index is 0.204. The fourth-order valence-electron chi connectivity index (χ4n) is 2.75. The van der Waals surface area contributed by atoms with Crippen molar-refractivity contribution in [3.63, 3.8) is 0 Å². The van der Waals surface area contributed by atoms with E-state index in [4.69, 9.17) is 0 Å². The molecule has 0 aliphatic carbocycles. The average molecular weight is 246 g/mol. The Kier molecular flexibility index (Phi) is 3.41. The first-order valence-electron chi connectivity index (χ1n) is 6.89. The third kappa shape index (κ3) is 2.54. The number of anilines is 1. The van der Waals surface area contributed by atoms with Crippen LogP contribution in [-0.2, 0) is 5.41 Å². The van der Waals surface area contributed by atoms with Gasteiger partial charge >= 0.3 is 0 Å². The summed E-state index contributed by atoms with van der Waals surface area (Å²) in [6, 6.07) is 8.84. The number of likely N-dealkylation sites (N-methyl/N-ethyl adjacent to an activating group) is 1. The minimum absolute atomic E-state index is 0.204. The molecule has 0 spiro atoms. The number of rotatable bonds is 2. The van der Waals surface area contributed by atoms with Crippen LogP contribution in [-0.4, -0.2) is 25.7 Å². The maximum atomic E-state index is 3.46. The molecule has 1 heterocycles. The number of para-hydroxylation sites is 1. The molecular formula is C16H26N2. The molecule has 2 rings (SSSR count). The largest absolute Gasteiger partial charge is 0.369 e. The van der Waals surface area contributed by atoms with Gasteiger partial charge in [-0.15, -0.1) is 0 Å². The Balaban J connectivity index is 2.31. The summed E-state index contributed by atoms with van der Waals surface area (Å²) in [7, 11) is 2.07. The molecule has 100 valence electrons. The lowest BCUT2D eigenvalue weighted by Gasteiger charge is -2.30. The molecule has 1 atom stereocenters. The van der Waals surface area contributed by atoms with E-state index >= 15 is 0 Å². The second-order valence-electron chi connectivity index (χ2n) is 6.75. The van der Waals surface area contributed by atoms with Crippen molar-refractivity contribution in [3.05, 3.63) is 29.8 Å². The summed E-state index contributed by atoms with van der Waals surface area (Å²) in [6.45, 7) is 11.4. The van der Waals surface area contributed by atoms with Gasteiger partial charge < -0.3 is 10.2 Å². The maximum absolute atomic E-state index is 3.46. The molecule has 1 fully saturated rings. The van der Waals surface area contributed by atoms with Crippen LogP contribution >= 0.6 is 0 Å². The molecule has 2 nitrogen and oxygen atoms in total. The minimum Gasteiger partial charge on any atom is -0.369 e. The van der Waals surface area contributed by atoms with Crippen molar-refractivity contribution in [1.29, 1.82) is 0 Å². The highest BCUT2D eigenvalue weighted by Crippen LogP contribution is 2.35. The Morgan fingerprint density at radius 2 is 1.89 bits per heavy atom. The molecule has 0 amide bonds. The molecule has 1 saturated heterocycles. The molecule has 0 bridgehead atoms. The second kappa shape index (κ2) is 4.58. The van der Waals surface area contributed by atoms with Crippen molar-refractivity contribution in [2.24, 2.45) is 0 Å². The Bertz CT molecular complexity index is 419. The molecule has 0 aromatic heterocycles. The first-order valence-corrected chi connectivity index (χ1v) is 6.89. The van der Waals surface area contributed by atoms with Crippen molar-refractivity contribution in [1.82, 2.24) is 5.32 Å². The summed E-state index contributed by atoms with van der Waals surface area (Å²) in [5, 5.41) is 3.46. The van der Waals surface area contributed by atoms with Gasteiger partial charge in [-0.05, 0) is 37.4 Å². The number of hydrogen-bond donors (Lipinski definition) is 1. The van der Waals surface area contributed by atoms with Gasteiger partial charge in [0.25, 0.3) is 0 Å². The average Bonchev–Trinajstić information content (AvgIpc) is 2.72. The standard InChI is InChI=1S/C16H26N2/c1-15(2,3)13-8-6-7-9-14(13)18-11-10-16(4,12-18)17-5/h6-9,17H,10-12H2,1-5H3. The number of nitrogens with zero attached hydrogens (tertiary/aromatic N) is 1. The second-order valence-corrected chi connectivity index (χ2v) is 6.75. The van der Waals surface area contributed by atoms with Crippen molar-refractivity contribution in [2.45, 2.75) is 45.1 Å². The summed E-state index contributed by atoms with van der Waals surface area (Å²) < 4.78 is 0. The number of nitrogens with one attached hydrogen (secondary N) is 1. The maximum Gasteiger partial charge on any atom is 0.0404 e. The monoisotopic (exact) mass is 246 g/mol. The van der Waals surface area contributed by atoms with Crippen LogP contribution in [0.1, 0.15) is 39.7 Å². The molecule has 1 aliphatic rings. The molecule has 1 aromatic carbocycles. The van der Waals surface area contributed by atoms with Gasteiger partial charge in [-0.2, -0.15) is 0 Å². The Labute approximate surface area is 111 Å². The molecule has 1 aromatic rings. The van der Waals surface area contributed by atoms with E-state index in [1.54, 1.807) is 0 Å². The number of benzene rings is 1. The molecular weight excluding hydrogens is 220 g/mol. The lowest BCUT2D eigenvalue weighted by molar-refractivity contribution is 0.428. The van der Waals surface area contributed by atoms with Crippen LogP contribution in [0.4, 0.5) is 5.69 Å². The van der Waals surface area contributed by atoms with E-state index in [0.717, 1.165) is 13.1 Å². The van der Waals surface area contributed by atoms with Gasteiger partial charge in [0.05, 0.1) is 0 Å². The SMILES string of the molecule is CNC1(C)CCN(c2ccccc2C(C)(C)C)C1. The zero-order valence-electron chi connectivity index (χ0n) is 12.4. The Morgan fingerprint density at radius 1 is 1.22 bits per heavy atom. The van der Waals surface area contributed by atoms with Crippen molar-refractivity contribution < 1.29 is 0 Å². The van der Waals surface area contributed by atoms with Gasteiger partial charge in [-0.25, -0.2) is 0 Å². The molecule has 1 unspecified atom stereocenters. The van der Waals surface area contributed by atoms with E-state index in [1.807, 2.05) is 0 Å². The zero-order chi connectivity index (χ0) is 13.4. The summed E-state index contributed by atoms with van der Waals surface area (Å²) in [5.74, 6) is 0. The van der Waals surface area contributed by atoms with Crippen molar-refractivity contribution in [3.8, 4) is 0 Å². The number of hydrogen-bond acceptors (Lipinski definition) is 2. The van der Waals surface area contributed by atoms with Gasteiger partial charge in [-0.1, -0.05) is 39.0 Å². The van der Waals surface area contributed by atoms with Crippen LogP contribution in [0.2, 0.25) is 0 Å². The van der Waals surface area contributed by atoms with E-state index in [2.05, 4.69) is 69.2 Å². The fraction of sp³-hybridized carbons (Fsp3) is 0.625. The third-order valence-corrected chi connectivity index (χ3v) is 4.13. The Hall–Kier alpha value is -1.02. The van der Waals surface area contributed by atoms with Crippen LogP contribution in [0.3, 0.4) is 0 Å². The first kappa shape index (κ1) is 13.4. The molecule has 0 radical (unpaired) electrons. The highest BCUT2D eigenvalue weighted by molar-refractivity contribution is 5.57. The van der Waals surface area contributed by atoms with Crippen LogP contribution in [0, 0.1) is 0 Å². The topological polar surface area (TPSA) is 15.3 Å². The smallest absolute Gasteiger partial charge is 0.0404 e. The van der Waals surface area contributed by atoms with Gasteiger partial charge in [0.1, 0.15) is 0 Å². The normalized spacial score (nSPS) is 24.6. The lowest BCUT2D eigenvalue weighted by atomic mass is 9.85. The zero-order valence-corrected chi connectivity index (χ0v) is 12.4. The van der Waals surface area contributed by atoms with Crippen LogP contribution < -0.4 is 10.2 Å².